The Hall–Kier alpha value is -0.960. The van der Waals surface area contributed by atoms with E-state index in [1.807, 2.05) is 19.3 Å². The fraction of sp³-hybridized carbons (Fsp3) is 0.714. The van der Waals surface area contributed by atoms with Crippen molar-refractivity contribution in [2.75, 3.05) is 0 Å². The normalized spacial score (nSPS) is 25.5. The van der Waals surface area contributed by atoms with Crippen LogP contribution in [0.4, 0.5) is 0 Å². The fourth-order valence-electron chi connectivity index (χ4n) is 2.45. The van der Waals surface area contributed by atoms with Crippen LogP contribution < -0.4 is 5.32 Å². The molecule has 0 aliphatic heterocycles. The molecule has 1 aromatic rings. The molecular formula is C14H23N3. The van der Waals surface area contributed by atoms with Crippen LogP contribution in [0.15, 0.2) is 12.4 Å². The van der Waals surface area contributed by atoms with Crippen LogP contribution in [-0.4, -0.2) is 16.0 Å². The third-order valence-corrected chi connectivity index (χ3v) is 3.66. The minimum absolute atomic E-state index is 0.669. The van der Waals surface area contributed by atoms with E-state index in [-0.39, 0.29) is 0 Å². The number of hydrogen-bond donors (Lipinski definition) is 1. The van der Waals surface area contributed by atoms with Crippen molar-refractivity contribution in [3.8, 4) is 0 Å². The second-order valence-corrected chi connectivity index (χ2v) is 5.34. The zero-order chi connectivity index (χ0) is 12.1. The molecule has 1 heterocycles. The van der Waals surface area contributed by atoms with E-state index in [1.165, 1.54) is 32.1 Å². The van der Waals surface area contributed by atoms with Gasteiger partial charge in [-0.2, -0.15) is 0 Å². The molecule has 0 spiro atoms. The predicted molar refractivity (Wildman–Crippen MR) is 69.6 cm³/mol. The molecule has 3 heteroatoms. The van der Waals surface area contributed by atoms with Crippen molar-refractivity contribution in [1.82, 2.24) is 15.3 Å². The van der Waals surface area contributed by atoms with Crippen LogP contribution in [0, 0.1) is 12.8 Å². The molecule has 0 amide bonds. The zero-order valence-corrected chi connectivity index (χ0v) is 10.9. The minimum Gasteiger partial charge on any atom is -0.308 e. The number of hydrogen-bond acceptors (Lipinski definition) is 3. The summed E-state index contributed by atoms with van der Waals surface area (Å²) >= 11 is 0. The Balaban J connectivity index is 1.79. The lowest BCUT2D eigenvalue weighted by molar-refractivity contribution is 0.444. The summed E-state index contributed by atoms with van der Waals surface area (Å²) < 4.78 is 0. The number of aromatic nitrogens is 2. The highest BCUT2D eigenvalue weighted by Gasteiger charge is 2.15. The Morgan fingerprint density at radius 3 is 2.82 bits per heavy atom. The van der Waals surface area contributed by atoms with E-state index in [2.05, 4.69) is 22.2 Å². The van der Waals surface area contributed by atoms with Crippen molar-refractivity contribution in [2.24, 2.45) is 5.92 Å². The lowest BCUT2D eigenvalue weighted by Crippen LogP contribution is -2.28. The highest BCUT2D eigenvalue weighted by molar-refractivity contribution is 5.00. The topological polar surface area (TPSA) is 37.8 Å². The Labute approximate surface area is 104 Å². The summed E-state index contributed by atoms with van der Waals surface area (Å²) in [6.45, 7) is 5.19. The average Bonchev–Trinajstić information content (AvgIpc) is 2.54. The summed E-state index contributed by atoms with van der Waals surface area (Å²) in [5, 5.41) is 3.62. The number of rotatable bonds is 3. The molecular weight excluding hydrogens is 210 g/mol. The first-order valence-corrected chi connectivity index (χ1v) is 6.75. The minimum atomic E-state index is 0.669. The third kappa shape index (κ3) is 4.08. The molecule has 3 nitrogen and oxygen atoms in total. The number of nitrogens with one attached hydrogen (secondary N) is 1. The second-order valence-electron chi connectivity index (χ2n) is 5.34. The summed E-state index contributed by atoms with van der Waals surface area (Å²) in [5.74, 6) is 0.904. The Morgan fingerprint density at radius 1 is 1.18 bits per heavy atom. The van der Waals surface area contributed by atoms with E-state index in [1.54, 1.807) is 0 Å². The van der Waals surface area contributed by atoms with Gasteiger partial charge in [-0.05, 0) is 32.1 Å². The molecule has 2 rings (SSSR count). The molecule has 0 radical (unpaired) electrons. The molecule has 1 fully saturated rings. The van der Waals surface area contributed by atoms with Crippen molar-refractivity contribution in [2.45, 2.75) is 58.5 Å². The van der Waals surface area contributed by atoms with Gasteiger partial charge >= 0.3 is 0 Å². The maximum absolute atomic E-state index is 4.38. The number of nitrogens with zero attached hydrogens (tertiary/aromatic N) is 2. The van der Waals surface area contributed by atoms with E-state index in [0.717, 1.165) is 23.9 Å². The second kappa shape index (κ2) is 6.10. The summed E-state index contributed by atoms with van der Waals surface area (Å²) in [7, 11) is 0. The molecule has 1 aliphatic carbocycles. The van der Waals surface area contributed by atoms with E-state index < -0.39 is 0 Å². The van der Waals surface area contributed by atoms with Crippen molar-refractivity contribution >= 4 is 0 Å². The van der Waals surface area contributed by atoms with Gasteiger partial charge in [0.1, 0.15) is 0 Å². The van der Waals surface area contributed by atoms with Gasteiger partial charge < -0.3 is 5.32 Å². The van der Waals surface area contributed by atoms with Crippen molar-refractivity contribution in [1.29, 1.82) is 0 Å². The van der Waals surface area contributed by atoms with Gasteiger partial charge in [0.2, 0.25) is 0 Å². The standard InChI is InChI=1S/C14H23N3/c1-11-4-3-5-13(7-6-11)17-10-14-9-15-12(2)8-16-14/h8-9,11,13,17H,3-7,10H2,1-2H3. The van der Waals surface area contributed by atoms with Gasteiger partial charge in [-0.15, -0.1) is 0 Å². The van der Waals surface area contributed by atoms with E-state index >= 15 is 0 Å². The molecule has 0 saturated heterocycles. The van der Waals surface area contributed by atoms with Gasteiger partial charge in [-0.25, -0.2) is 0 Å². The third-order valence-electron chi connectivity index (χ3n) is 3.66. The monoisotopic (exact) mass is 233 g/mol. The first-order chi connectivity index (χ1) is 8.24. The Bertz CT molecular complexity index is 334. The maximum atomic E-state index is 4.38. The lowest BCUT2D eigenvalue weighted by Gasteiger charge is -2.15. The summed E-state index contributed by atoms with van der Waals surface area (Å²) in [4.78, 5) is 8.65. The van der Waals surface area contributed by atoms with Gasteiger partial charge in [0.05, 0.1) is 11.4 Å². The van der Waals surface area contributed by atoms with Gasteiger partial charge in [0, 0.05) is 25.0 Å². The molecule has 0 aromatic carbocycles. The molecule has 0 bridgehead atoms. The molecule has 2 atom stereocenters. The van der Waals surface area contributed by atoms with Crippen molar-refractivity contribution in [3.05, 3.63) is 23.8 Å². The summed E-state index contributed by atoms with van der Waals surface area (Å²) in [6, 6.07) is 0.669. The zero-order valence-electron chi connectivity index (χ0n) is 10.9. The van der Waals surface area contributed by atoms with Crippen molar-refractivity contribution in [3.63, 3.8) is 0 Å². The summed E-state index contributed by atoms with van der Waals surface area (Å²) in [6.07, 6.45) is 10.4. The van der Waals surface area contributed by atoms with Crippen LogP contribution in [0.3, 0.4) is 0 Å². The van der Waals surface area contributed by atoms with E-state index in [4.69, 9.17) is 0 Å². The molecule has 2 unspecified atom stereocenters. The van der Waals surface area contributed by atoms with E-state index in [0.29, 0.717) is 6.04 Å². The van der Waals surface area contributed by atoms with Crippen molar-refractivity contribution < 1.29 is 0 Å². The van der Waals surface area contributed by atoms with Crippen LogP contribution in [0.25, 0.3) is 0 Å². The van der Waals surface area contributed by atoms with E-state index in [9.17, 15) is 0 Å². The van der Waals surface area contributed by atoms with Crippen LogP contribution >= 0.6 is 0 Å². The SMILES string of the molecule is Cc1cnc(CNC2CCCC(C)CC2)cn1. The molecule has 1 saturated carbocycles. The largest absolute Gasteiger partial charge is 0.308 e. The first-order valence-electron chi connectivity index (χ1n) is 6.75. The highest BCUT2D eigenvalue weighted by Crippen LogP contribution is 2.22. The maximum Gasteiger partial charge on any atom is 0.0724 e. The van der Waals surface area contributed by atoms with Crippen LogP contribution in [0.5, 0.6) is 0 Å². The lowest BCUT2D eigenvalue weighted by atomic mass is 10.0. The predicted octanol–water partition coefficient (Wildman–Crippen LogP) is 2.84. The first kappa shape index (κ1) is 12.5. The summed E-state index contributed by atoms with van der Waals surface area (Å²) in [5.41, 5.74) is 2.03. The van der Waals surface area contributed by atoms with Gasteiger partial charge in [-0.1, -0.05) is 19.8 Å². The Kier molecular flexibility index (Phi) is 4.49. The van der Waals surface area contributed by atoms with Gasteiger partial charge in [0.15, 0.2) is 0 Å². The average molecular weight is 233 g/mol. The molecule has 94 valence electrons. The Morgan fingerprint density at radius 2 is 2.06 bits per heavy atom. The fourth-order valence-corrected chi connectivity index (χ4v) is 2.45. The van der Waals surface area contributed by atoms with Crippen LogP contribution in [0.1, 0.15) is 50.4 Å². The number of aryl methyl sites for hydroxylation is 1. The molecule has 1 aliphatic rings. The smallest absolute Gasteiger partial charge is 0.0724 e. The molecule has 1 aromatic heterocycles. The van der Waals surface area contributed by atoms with Gasteiger partial charge in [0.25, 0.3) is 0 Å². The van der Waals surface area contributed by atoms with Crippen LogP contribution in [0.2, 0.25) is 0 Å². The van der Waals surface area contributed by atoms with Gasteiger partial charge in [-0.3, -0.25) is 9.97 Å². The molecule has 1 N–H and O–H groups in total. The molecule has 17 heavy (non-hydrogen) atoms. The van der Waals surface area contributed by atoms with Crippen LogP contribution in [-0.2, 0) is 6.54 Å². The highest BCUT2D eigenvalue weighted by atomic mass is 14.9. The quantitative estimate of drug-likeness (QED) is 0.816.